The summed E-state index contributed by atoms with van der Waals surface area (Å²) in [6, 6.07) is 18.4. The smallest absolute Gasteiger partial charge is 0.265 e. The molecular formula is C23H21N3OS2. The number of likely N-dealkylation sites (tertiary alicyclic amines) is 1. The van der Waals surface area contributed by atoms with Crippen molar-refractivity contribution < 1.29 is 4.79 Å². The van der Waals surface area contributed by atoms with E-state index in [1.165, 1.54) is 21.0 Å². The Morgan fingerprint density at radius 1 is 0.966 bits per heavy atom. The molecule has 1 aliphatic rings. The van der Waals surface area contributed by atoms with Gasteiger partial charge < -0.3 is 4.90 Å². The van der Waals surface area contributed by atoms with E-state index in [0.29, 0.717) is 5.92 Å². The first-order chi connectivity index (χ1) is 14.2. The Kier molecular flexibility index (Phi) is 4.89. The molecule has 146 valence electrons. The summed E-state index contributed by atoms with van der Waals surface area (Å²) in [5.41, 5.74) is 2.97. The van der Waals surface area contributed by atoms with Crippen LogP contribution in [0.4, 0.5) is 0 Å². The number of fused-ring (bicyclic) bond motifs is 1. The summed E-state index contributed by atoms with van der Waals surface area (Å²) in [5.74, 6) is 0.559. The van der Waals surface area contributed by atoms with Gasteiger partial charge in [-0.1, -0.05) is 42.5 Å². The number of rotatable bonds is 3. The molecule has 0 spiro atoms. The molecule has 1 aliphatic heterocycles. The first-order valence-corrected chi connectivity index (χ1v) is 11.5. The van der Waals surface area contributed by atoms with Crippen molar-refractivity contribution >= 4 is 38.8 Å². The number of piperidine rings is 1. The lowest BCUT2D eigenvalue weighted by Gasteiger charge is -2.30. The minimum atomic E-state index is 0.116. The second-order valence-corrected chi connectivity index (χ2v) is 9.45. The Hall–Kier alpha value is -2.57. The average molecular weight is 420 g/mol. The Labute approximate surface area is 177 Å². The highest BCUT2D eigenvalue weighted by Crippen LogP contribution is 2.35. The summed E-state index contributed by atoms with van der Waals surface area (Å²) >= 11 is 3.29. The molecule has 2 aromatic carbocycles. The molecule has 4 aromatic rings. The van der Waals surface area contributed by atoms with Crippen molar-refractivity contribution in [2.45, 2.75) is 25.7 Å². The zero-order valence-corrected chi connectivity index (χ0v) is 17.8. The molecule has 0 radical (unpaired) electrons. The topological polar surface area (TPSA) is 46.1 Å². The molecule has 3 heterocycles. The lowest BCUT2D eigenvalue weighted by molar-refractivity contribution is 0.0717. The van der Waals surface area contributed by atoms with Crippen LogP contribution in [0.5, 0.6) is 0 Å². The molecule has 0 atom stereocenters. The lowest BCUT2D eigenvalue weighted by atomic mass is 9.97. The predicted octanol–water partition coefficient (Wildman–Crippen LogP) is 5.75. The fraction of sp³-hybridized carbons (Fsp3) is 0.261. The highest BCUT2D eigenvalue weighted by atomic mass is 32.1. The molecule has 2 aromatic heterocycles. The SMILES string of the molecule is Cc1nc(-c2ccccc2)sc1C(=O)N1CCC(c2nc3ccccc3s2)CC1. The van der Waals surface area contributed by atoms with Gasteiger partial charge >= 0.3 is 0 Å². The zero-order valence-electron chi connectivity index (χ0n) is 16.2. The average Bonchev–Trinajstić information content (AvgIpc) is 3.38. The highest BCUT2D eigenvalue weighted by molar-refractivity contribution is 7.18. The van der Waals surface area contributed by atoms with Crippen molar-refractivity contribution in [2.75, 3.05) is 13.1 Å². The highest BCUT2D eigenvalue weighted by Gasteiger charge is 2.28. The molecule has 0 aliphatic carbocycles. The Bertz CT molecular complexity index is 1120. The van der Waals surface area contributed by atoms with Gasteiger partial charge in [0.05, 0.1) is 20.9 Å². The molecule has 6 heteroatoms. The maximum absolute atomic E-state index is 13.1. The number of aryl methyl sites for hydroxylation is 1. The largest absolute Gasteiger partial charge is 0.338 e. The Morgan fingerprint density at radius 3 is 2.45 bits per heavy atom. The number of para-hydroxylation sites is 1. The number of carbonyl (C=O) groups is 1. The third-order valence-electron chi connectivity index (χ3n) is 5.45. The van der Waals surface area contributed by atoms with Crippen molar-refractivity contribution in [3.05, 3.63) is 70.2 Å². The van der Waals surface area contributed by atoms with Crippen LogP contribution in [0.1, 0.15) is 39.1 Å². The summed E-state index contributed by atoms with van der Waals surface area (Å²) < 4.78 is 1.25. The molecule has 0 unspecified atom stereocenters. The minimum Gasteiger partial charge on any atom is -0.338 e. The number of nitrogens with zero attached hydrogens (tertiary/aromatic N) is 3. The number of hydrogen-bond donors (Lipinski definition) is 0. The Morgan fingerprint density at radius 2 is 1.69 bits per heavy atom. The molecule has 1 amide bonds. The number of amides is 1. The van der Waals surface area contributed by atoms with Gasteiger partial charge in [-0.2, -0.15) is 0 Å². The molecule has 29 heavy (non-hydrogen) atoms. The molecule has 0 saturated carbocycles. The van der Waals surface area contributed by atoms with Crippen LogP contribution in [0.2, 0.25) is 0 Å². The monoisotopic (exact) mass is 419 g/mol. The molecule has 5 rings (SSSR count). The van der Waals surface area contributed by atoms with Crippen molar-refractivity contribution in [3.63, 3.8) is 0 Å². The van der Waals surface area contributed by atoms with Crippen LogP contribution in [-0.2, 0) is 0 Å². The van der Waals surface area contributed by atoms with E-state index < -0.39 is 0 Å². The minimum absolute atomic E-state index is 0.116. The van der Waals surface area contributed by atoms with E-state index in [-0.39, 0.29) is 5.91 Å². The van der Waals surface area contributed by atoms with E-state index in [1.54, 1.807) is 11.3 Å². The third-order valence-corrected chi connectivity index (χ3v) is 7.85. The molecule has 0 N–H and O–H groups in total. The molecule has 4 nitrogen and oxygen atoms in total. The molecule has 1 saturated heterocycles. The molecule has 1 fully saturated rings. The van der Waals surface area contributed by atoms with Crippen molar-refractivity contribution in [1.82, 2.24) is 14.9 Å². The van der Waals surface area contributed by atoms with Gasteiger partial charge in [-0.05, 0) is 31.9 Å². The van der Waals surface area contributed by atoms with E-state index in [4.69, 9.17) is 4.98 Å². The van der Waals surface area contributed by atoms with Gasteiger partial charge in [0, 0.05) is 24.6 Å². The maximum Gasteiger partial charge on any atom is 0.265 e. The summed E-state index contributed by atoms with van der Waals surface area (Å²) in [5, 5.41) is 2.12. The quantitative estimate of drug-likeness (QED) is 0.425. The second-order valence-electron chi connectivity index (χ2n) is 7.39. The predicted molar refractivity (Wildman–Crippen MR) is 120 cm³/mol. The number of thiazole rings is 2. The van der Waals surface area contributed by atoms with E-state index in [0.717, 1.165) is 52.6 Å². The van der Waals surface area contributed by atoms with Crippen molar-refractivity contribution in [2.24, 2.45) is 0 Å². The number of aromatic nitrogens is 2. The van der Waals surface area contributed by atoms with Gasteiger partial charge in [-0.3, -0.25) is 4.79 Å². The van der Waals surface area contributed by atoms with Crippen LogP contribution in [0, 0.1) is 6.92 Å². The van der Waals surface area contributed by atoms with E-state index in [1.807, 2.05) is 48.2 Å². The maximum atomic E-state index is 13.1. The van der Waals surface area contributed by atoms with Gasteiger partial charge in [-0.15, -0.1) is 22.7 Å². The number of benzene rings is 2. The summed E-state index contributed by atoms with van der Waals surface area (Å²) in [6.07, 6.45) is 1.93. The van der Waals surface area contributed by atoms with Crippen LogP contribution in [0.3, 0.4) is 0 Å². The van der Waals surface area contributed by atoms with Crippen molar-refractivity contribution in [3.8, 4) is 10.6 Å². The van der Waals surface area contributed by atoms with Crippen LogP contribution in [0.15, 0.2) is 54.6 Å². The second kappa shape index (κ2) is 7.69. The standard InChI is InChI=1S/C23H21N3OS2/c1-15-20(29-21(24-15)16-7-3-2-4-8-16)23(27)26-13-11-17(12-14-26)22-25-18-9-5-6-10-19(18)28-22/h2-10,17H,11-14H2,1H3. The van der Waals surface area contributed by atoms with Crippen LogP contribution >= 0.6 is 22.7 Å². The van der Waals surface area contributed by atoms with E-state index in [2.05, 4.69) is 23.2 Å². The van der Waals surface area contributed by atoms with E-state index in [9.17, 15) is 4.79 Å². The first kappa shape index (κ1) is 18.5. The van der Waals surface area contributed by atoms with Gasteiger partial charge in [0.2, 0.25) is 0 Å². The fourth-order valence-corrected chi connectivity index (χ4v) is 6.01. The van der Waals surface area contributed by atoms with Gasteiger partial charge in [0.25, 0.3) is 5.91 Å². The molecular weight excluding hydrogens is 398 g/mol. The normalized spacial score (nSPS) is 15.1. The molecule has 0 bridgehead atoms. The summed E-state index contributed by atoms with van der Waals surface area (Å²) in [7, 11) is 0. The number of carbonyl (C=O) groups excluding carboxylic acids is 1. The summed E-state index contributed by atoms with van der Waals surface area (Å²) in [4.78, 5) is 25.4. The lowest BCUT2D eigenvalue weighted by Crippen LogP contribution is -2.37. The summed E-state index contributed by atoms with van der Waals surface area (Å²) in [6.45, 7) is 3.49. The van der Waals surface area contributed by atoms with Crippen LogP contribution in [0.25, 0.3) is 20.8 Å². The fourth-order valence-electron chi connectivity index (χ4n) is 3.84. The van der Waals surface area contributed by atoms with Crippen molar-refractivity contribution in [1.29, 1.82) is 0 Å². The van der Waals surface area contributed by atoms with E-state index >= 15 is 0 Å². The first-order valence-electron chi connectivity index (χ1n) is 9.86. The van der Waals surface area contributed by atoms with Crippen LogP contribution < -0.4 is 0 Å². The zero-order chi connectivity index (χ0) is 19.8. The van der Waals surface area contributed by atoms with Crippen LogP contribution in [-0.4, -0.2) is 33.9 Å². The third kappa shape index (κ3) is 3.58. The van der Waals surface area contributed by atoms with Gasteiger partial charge in [0.1, 0.15) is 9.88 Å². The number of hydrogen-bond acceptors (Lipinski definition) is 5. The van der Waals surface area contributed by atoms with Gasteiger partial charge in [0.15, 0.2) is 0 Å². The Balaban J connectivity index is 1.29. The van der Waals surface area contributed by atoms with Gasteiger partial charge in [-0.25, -0.2) is 9.97 Å².